The summed E-state index contributed by atoms with van der Waals surface area (Å²) in [4.78, 5) is 13.5. The summed E-state index contributed by atoms with van der Waals surface area (Å²) in [5, 5.41) is 2.86. The number of nitrogens with two attached hydrogens (primary N) is 1. The van der Waals surface area contributed by atoms with Crippen LogP contribution in [0, 0.1) is 6.92 Å². The quantitative estimate of drug-likeness (QED) is 0.851. The van der Waals surface area contributed by atoms with Crippen molar-refractivity contribution < 1.29 is 9.21 Å². The molecule has 5 nitrogen and oxygen atoms in total. The molecule has 0 atom stereocenters. The van der Waals surface area contributed by atoms with E-state index >= 15 is 0 Å². The molecule has 1 aliphatic rings. The Morgan fingerprint density at radius 1 is 1.33 bits per heavy atom. The van der Waals surface area contributed by atoms with Crippen LogP contribution in [0.5, 0.6) is 0 Å². The molecule has 1 aromatic carbocycles. The average molecular weight is 285 g/mol. The van der Waals surface area contributed by atoms with Crippen LogP contribution < -0.4 is 16.0 Å². The van der Waals surface area contributed by atoms with Gasteiger partial charge in [0.1, 0.15) is 11.5 Å². The third-order valence-corrected chi connectivity index (χ3v) is 3.75. The summed E-state index contributed by atoms with van der Waals surface area (Å²) in [6, 6.07) is 7.82. The van der Waals surface area contributed by atoms with Gasteiger partial charge in [0.25, 0.3) is 0 Å². The van der Waals surface area contributed by atoms with Gasteiger partial charge in [0.05, 0.1) is 17.9 Å². The van der Waals surface area contributed by atoms with E-state index in [1.54, 1.807) is 0 Å². The number of benzene rings is 1. The highest BCUT2D eigenvalue weighted by atomic mass is 16.3. The molecular formula is C16H19N3O2. The molecular weight excluding hydrogens is 266 g/mol. The number of carbonyl (C=O) groups is 1. The van der Waals surface area contributed by atoms with Gasteiger partial charge in [0.2, 0.25) is 5.91 Å². The first-order valence-corrected chi connectivity index (χ1v) is 7.01. The van der Waals surface area contributed by atoms with Crippen molar-refractivity contribution in [1.82, 2.24) is 0 Å². The van der Waals surface area contributed by atoms with Crippen LogP contribution >= 0.6 is 0 Å². The molecule has 0 aliphatic carbocycles. The minimum atomic E-state index is 0.0501. The number of anilines is 3. The third kappa shape index (κ3) is 2.72. The van der Waals surface area contributed by atoms with Crippen molar-refractivity contribution in [3.05, 3.63) is 41.3 Å². The number of amides is 1. The smallest absolute Gasteiger partial charge is 0.224 e. The van der Waals surface area contributed by atoms with Gasteiger partial charge in [-0.1, -0.05) is 0 Å². The van der Waals surface area contributed by atoms with Crippen LogP contribution in [0.1, 0.15) is 23.5 Å². The Bertz CT molecular complexity index is 691. The molecule has 0 bridgehead atoms. The van der Waals surface area contributed by atoms with E-state index in [1.165, 1.54) is 0 Å². The van der Waals surface area contributed by atoms with Crippen LogP contribution in [0.15, 0.2) is 28.7 Å². The van der Waals surface area contributed by atoms with E-state index in [0.717, 1.165) is 34.9 Å². The summed E-state index contributed by atoms with van der Waals surface area (Å²) in [5.41, 5.74) is 9.69. The van der Waals surface area contributed by atoms with Gasteiger partial charge in [-0.2, -0.15) is 0 Å². The molecule has 3 rings (SSSR count). The van der Waals surface area contributed by atoms with Crippen LogP contribution in [0.2, 0.25) is 0 Å². The fourth-order valence-electron chi connectivity index (χ4n) is 2.65. The van der Waals surface area contributed by atoms with Gasteiger partial charge in [-0.25, -0.2) is 0 Å². The zero-order valence-electron chi connectivity index (χ0n) is 12.3. The number of nitrogens with zero attached hydrogens (tertiary/aromatic N) is 1. The number of furan rings is 1. The maximum atomic E-state index is 11.4. The van der Waals surface area contributed by atoms with Crippen molar-refractivity contribution in [3.63, 3.8) is 0 Å². The van der Waals surface area contributed by atoms with Gasteiger partial charge < -0.3 is 20.4 Å². The van der Waals surface area contributed by atoms with E-state index < -0.39 is 0 Å². The Labute approximate surface area is 123 Å². The van der Waals surface area contributed by atoms with Crippen molar-refractivity contribution in [2.75, 3.05) is 23.0 Å². The summed E-state index contributed by atoms with van der Waals surface area (Å²) in [7, 11) is 1.98. The number of hydrogen-bond donors (Lipinski definition) is 2. The van der Waals surface area contributed by atoms with Crippen molar-refractivity contribution in [2.24, 2.45) is 0 Å². The Balaban J connectivity index is 1.86. The second-order valence-corrected chi connectivity index (χ2v) is 5.48. The molecule has 1 aromatic heterocycles. The van der Waals surface area contributed by atoms with Crippen LogP contribution in [-0.2, 0) is 17.8 Å². The van der Waals surface area contributed by atoms with Crippen molar-refractivity contribution in [3.8, 4) is 0 Å². The number of nitrogen functional groups attached to an aromatic ring is 1. The van der Waals surface area contributed by atoms with Crippen molar-refractivity contribution >= 4 is 23.0 Å². The number of hydrogen-bond acceptors (Lipinski definition) is 4. The molecule has 21 heavy (non-hydrogen) atoms. The Morgan fingerprint density at radius 3 is 2.86 bits per heavy atom. The Morgan fingerprint density at radius 2 is 2.14 bits per heavy atom. The minimum absolute atomic E-state index is 0.0501. The van der Waals surface area contributed by atoms with E-state index in [0.29, 0.717) is 18.7 Å². The van der Waals surface area contributed by atoms with Crippen LogP contribution in [0.25, 0.3) is 0 Å². The Kier molecular flexibility index (Phi) is 3.33. The first-order valence-electron chi connectivity index (χ1n) is 7.01. The first kappa shape index (κ1) is 13.5. The zero-order valence-corrected chi connectivity index (χ0v) is 12.3. The molecule has 1 aliphatic heterocycles. The van der Waals surface area contributed by atoms with Gasteiger partial charge >= 0.3 is 0 Å². The van der Waals surface area contributed by atoms with E-state index in [1.807, 2.05) is 32.2 Å². The minimum Gasteiger partial charge on any atom is -0.464 e. The van der Waals surface area contributed by atoms with Gasteiger partial charge in [-0.15, -0.1) is 0 Å². The number of fused-ring (bicyclic) bond motifs is 1. The zero-order chi connectivity index (χ0) is 15.0. The second kappa shape index (κ2) is 5.16. The molecule has 0 radical (unpaired) electrons. The summed E-state index contributed by atoms with van der Waals surface area (Å²) in [5.74, 6) is 1.86. The molecule has 2 aromatic rings. The molecule has 5 heteroatoms. The average Bonchev–Trinajstić information content (AvgIpc) is 2.83. The lowest BCUT2D eigenvalue weighted by molar-refractivity contribution is -0.116. The highest BCUT2D eigenvalue weighted by molar-refractivity contribution is 5.95. The van der Waals surface area contributed by atoms with Crippen molar-refractivity contribution in [2.45, 2.75) is 26.3 Å². The lowest BCUT2D eigenvalue weighted by atomic mass is 10.0. The lowest BCUT2D eigenvalue weighted by Crippen LogP contribution is -2.22. The SMILES string of the molecule is Cc1ccc(CN(C)c2cc3c(cc2N)NC(=O)CC3)o1. The standard InChI is InChI=1S/C16H19N3O2/c1-10-3-5-12(21-10)9-19(2)15-7-11-4-6-16(20)18-14(11)8-13(15)17/h3,5,7-8H,4,6,9,17H2,1-2H3,(H,18,20). The first-order chi connectivity index (χ1) is 10.0. The lowest BCUT2D eigenvalue weighted by Gasteiger charge is -2.24. The molecule has 0 saturated heterocycles. The van der Waals surface area contributed by atoms with Gasteiger partial charge in [-0.3, -0.25) is 4.79 Å². The molecule has 0 spiro atoms. The maximum absolute atomic E-state index is 11.4. The molecule has 3 N–H and O–H groups in total. The predicted octanol–water partition coefficient (Wildman–Crippen LogP) is 2.69. The summed E-state index contributed by atoms with van der Waals surface area (Å²) < 4.78 is 5.60. The van der Waals surface area contributed by atoms with Crippen LogP contribution in [0.3, 0.4) is 0 Å². The van der Waals surface area contributed by atoms with Gasteiger partial charge in [0, 0.05) is 19.2 Å². The van der Waals surface area contributed by atoms with Crippen LogP contribution in [-0.4, -0.2) is 13.0 Å². The molecule has 2 heterocycles. The number of carbonyl (C=O) groups excluding carboxylic acids is 1. The number of aryl methyl sites for hydroxylation is 2. The third-order valence-electron chi connectivity index (χ3n) is 3.75. The number of nitrogens with one attached hydrogen (secondary N) is 1. The molecule has 0 saturated carbocycles. The molecule has 0 fully saturated rings. The molecule has 1 amide bonds. The van der Waals surface area contributed by atoms with Crippen LogP contribution in [0.4, 0.5) is 17.1 Å². The van der Waals surface area contributed by atoms with E-state index in [4.69, 9.17) is 10.2 Å². The van der Waals surface area contributed by atoms with Gasteiger partial charge in [0.15, 0.2) is 0 Å². The van der Waals surface area contributed by atoms with E-state index in [9.17, 15) is 4.79 Å². The Hall–Kier alpha value is -2.43. The molecule has 110 valence electrons. The number of rotatable bonds is 3. The summed E-state index contributed by atoms with van der Waals surface area (Å²) in [6.45, 7) is 2.59. The van der Waals surface area contributed by atoms with Gasteiger partial charge in [-0.05, 0) is 43.2 Å². The maximum Gasteiger partial charge on any atom is 0.224 e. The summed E-state index contributed by atoms with van der Waals surface area (Å²) >= 11 is 0. The highest BCUT2D eigenvalue weighted by Gasteiger charge is 2.18. The summed E-state index contributed by atoms with van der Waals surface area (Å²) in [6.07, 6.45) is 1.28. The highest BCUT2D eigenvalue weighted by Crippen LogP contribution is 2.33. The second-order valence-electron chi connectivity index (χ2n) is 5.48. The normalized spacial score (nSPS) is 13.7. The fourth-order valence-corrected chi connectivity index (χ4v) is 2.65. The van der Waals surface area contributed by atoms with E-state index in [2.05, 4.69) is 16.3 Å². The van der Waals surface area contributed by atoms with E-state index in [-0.39, 0.29) is 5.91 Å². The van der Waals surface area contributed by atoms with Crippen molar-refractivity contribution in [1.29, 1.82) is 0 Å². The predicted molar refractivity (Wildman–Crippen MR) is 83.4 cm³/mol. The largest absolute Gasteiger partial charge is 0.464 e. The topological polar surface area (TPSA) is 71.5 Å². The molecule has 0 unspecified atom stereocenters. The monoisotopic (exact) mass is 285 g/mol. The fraction of sp³-hybridized carbons (Fsp3) is 0.312.